The van der Waals surface area contributed by atoms with E-state index in [1.54, 1.807) is 0 Å². The molecule has 0 N–H and O–H groups in total. The van der Waals surface area contributed by atoms with Crippen LogP contribution in [0.4, 0.5) is 4.39 Å². The number of alkyl halides is 1. The number of hydrogen-bond acceptors (Lipinski definition) is 3. The number of hydroxylamine groups is 2. The van der Waals surface area contributed by atoms with E-state index in [4.69, 9.17) is 4.84 Å². The minimum atomic E-state index is -0.293. The van der Waals surface area contributed by atoms with Crippen LogP contribution in [-0.2, 0) is 16.2 Å². The van der Waals surface area contributed by atoms with Crippen molar-refractivity contribution in [2.75, 3.05) is 26.4 Å². The molecule has 1 atom stereocenters. The van der Waals surface area contributed by atoms with Crippen LogP contribution in [0.3, 0.4) is 0 Å². The van der Waals surface area contributed by atoms with Crippen molar-refractivity contribution in [1.29, 1.82) is 0 Å². The van der Waals surface area contributed by atoms with E-state index >= 15 is 0 Å². The maximum absolute atomic E-state index is 12.7. The summed E-state index contributed by atoms with van der Waals surface area (Å²) in [5.41, 5.74) is 2.26. The minimum absolute atomic E-state index is 0.0129. The molecule has 1 aromatic rings. The number of hydrogen-bond donors (Lipinski definition) is 0. The molecule has 0 radical (unpaired) electrons. The molecular weight excluding hydrogens is 295 g/mol. The third-order valence-corrected chi connectivity index (χ3v) is 4.29. The smallest absolute Gasteiger partial charge is 0.263 e. The lowest BCUT2D eigenvalue weighted by atomic mass is 10.1. The molecule has 1 heterocycles. The van der Waals surface area contributed by atoms with Gasteiger partial charge in [-0.05, 0) is 44.8 Å². The van der Waals surface area contributed by atoms with Gasteiger partial charge in [-0.2, -0.15) is 0 Å². The number of carbonyl (C=O) groups is 1. The predicted octanol–water partition coefficient (Wildman–Crippen LogP) is 3.10. The number of likely N-dealkylation sites (N-methyl/N-ethyl adjacent to an activating group) is 1. The van der Waals surface area contributed by atoms with E-state index in [1.165, 1.54) is 10.6 Å². The first-order valence-corrected chi connectivity index (χ1v) is 8.45. The zero-order valence-corrected chi connectivity index (χ0v) is 14.1. The van der Waals surface area contributed by atoms with Gasteiger partial charge >= 0.3 is 0 Å². The van der Waals surface area contributed by atoms with Gasteiger partial charge in [0.2, 0.25) is 0 Å². The van der Waals surface area contributed by atoms with Gasteiger partial charge in [-0.25, -0.2) is 5.06 Å². The Labute approximate surface area is 138 Å². The first-order chi connectivity index (χ1) is 11.2. The van der Waals surface area contributed by atoms with Crippen molar-refractivity contribution >= 4 is 5.91 Å². The molecule has 5 heteroatoms. The van der Waals surface area contributed by atoms with Crippen LogP contribution in [0.5, 0.6) is 0 Å². The molecule has 1 saturated heterocycles. The molecular formula is C18H27FN2O2. The van der Waals surface area contributed by atoms with Gasteiger partial charge in [-0.1, -0.05) is 36.8 Å². The van der Waals surface area contributed by atoms with E-state index in [-0.39, 0.29) is 18.6 Å². The van der Waals surface area contributed by atoms with E-state index in [0.717, 1.165) is 25.1 Å². The Morgan fingerprint density at radius 1 is 1.30 bits per heavy atom. The highest BCUT2D eigenvalue weighted by Crippen LogP contribution is 2.18. The van der Waals surface area contributed by atoms with E-state index < -0.39 is 0 Å². The topological polar surface area (TPSA) is 32.8 Å². The van der Waals surface area contributed by atoms with Crippen molar-refractivity contribution in [3.63, 3.8) is 0 Å². The van der Waals surface area contributed by atoms with Crippen molar-refractivity contribution < 1.29 is 14.0 Å². The summed E-state index contributed by atoms with van der Waals surface area (Å²) in [4.78, 5) is 20.4. The molecule has 0 bridgehead atoms. The number of nitrogens with zero attached hydrogens (tertiary/aromatic N) is 2. The summed E-state index contributed by atoms with van der Waals surface area (Å²) in [6, 6.07) is 7.97. The maximum Gasteiger partial charge on any atom is 0.263 e. The summed E-state index contributed by atoms with van der Waals surface area (Å²) in [5, 5.41) is 1.48. The van der Waals surface area contributed by atoms with Gasteiger partial charge < -0.3 is 0 Å². The Kier molecular flexibility index (Phi) is 6.99. The minimum Gasteiger partial charge on any atom is -0.292 e. The van der Waals surface area contributed by atoms with Crippen LogP contribution in [0.15, 0.2) is 24.3 Å². The van der Waals surface area contributed by atoms with E-state index in [2.05, 4.69) is 4.90 Å². The first kappa shape index (κ1) is 17.9. The fraction of sp³-hybridized carbons (Fsp3) is 0.611. The Hall–Kier alpha value is -1.46. The number of halogens is 1. The van der Waals surface area contributed by atoms with Gasteiger partial charge in [0.05, 0.1) is 25.9 Å². The Balaban J connectivity index is 1.97. The van der Waals surface area contributed by atoms with Gasteiger partial charge in [0, 0.05) is 0 Å². The van der Waals surface area contributed by atoms with Crippen molar-refractivity contribution in [1.82, 2.24) is 9.96 Å². The lowest BCUT2D eigenvalue weighted by molar-refractivity contribution is -0.211. The van der Waals surface area contributed by atoms with Gasteiger partial charge in [0.1, 0.15) is 0 Å². The van der Waals surface area contributed by atoms with Crippen LogP contribution in [0.2, 0.25) is 0 Å². The molecule has 1 unspecified atom stereocenters. The molecule has 23 heavy (non-hydrogen) atoms. The summed E-state index contributed by atoms with van der Waals surface area (Å²) in [5.74, 6) is 0.0129. The number of rotatable bonds is 8. The maximum atomic E-state index is 12.7. The zero-order valence-electron chi connectivity index (χ0n) is 14.1. The SMILES string of the molecule is CCN(CCCCF)C1CCON(Cc2ccc(C)cc2)C1=O. The molecule has 1 amide bonds. The highest BCUT2D eigenvalue weighted by molar-refractivity contribution is 5.81. The summed E-state index contributed by atoms with van der Waals surface area (Å²) in [6.45, 7) is 6.36. The highest BCUT2D eigenvalue weighted by Gasteiger charge is 2.33. The molecule has 2 rings (SSSR count). The van der Waals surface area contributed by atoms with E-state index in [9.17, 15) is 9.18 Å². The molecule has 0 aromatic heterocycles. The average Bonchev–Trinajstić information content (AvgIpc) is 2.56. The number of amides is 1. The normalized spacial score (nSPS) is 18.7. The van der Waals surface area contributed by atoms with Crippen LogP contribution in [-0.4, -0.2) is 48.3 Å². The van der Waals surface area contributed by atoms with Gasteiger partial charge in [-0.15, -0.1) is 0 Å². The third-order valence-electron chi connectivity index (χ3n) is 4.29. The summed E-state index contributed by atoms with van der Waals surface area (Å²) in [7, 11) is 0. The highest BCUT2D eigenvalue weighted by atomic mass is 19.1. The van der Waals surface area contributed by atoms with Crippen LogP contribution in [0.25, 0.3) is 0 Å². The van der Waals surface area contributed by atoms with E-state index in [0.29, 0.717) is 26.0 Å². The number of carbonyl (C=O) groups excluding carboxylic acids is 1. The van der Waals surface area contributed by atoms with Crippen molar-refractivity contribution in [2.24, 2.45) is 0 Å². The average molecular weight is 322 g/mol. The second kappa shape index (κ2) is 8.99. The van der Waals surface area contributed by atoms with Crippen LogP contribution in [0, 0.1) is 6.92 Å². The van der Waals surface area contributed by atoms with Gasteiger partial charge in [0.15, 0.2) is 0 Å². The fourth-order valence-corrected chi connectivity index (χ4v) is 2.89. The van der Waals surface area contributed by atoms with Crippen molar-refractivity contribution in [2.45, 2.75) is 45.7 Å². The number of aryl methyl sites for hydroxylation is 1. The lowest BCUT2D eigenvalue weighted by Crippen LogP contribution is -2.52. The summed E-state index contributed by atoms with van der Waals surface area (Å²) in [6.07, 6.45) is 2.04. The van der Waals surface area contributed by atoms with Gasteiger partial charge in [-0.3, -0.25) is 18.9 Å². The summed E-state index contributed by atoms with van der Waals surface area (Å²) < 4.78 is 12.3. The van der Waals surface area contributed by atoms with Crippen LogP contribution in [0.1, 0.15) is 37.3 Å². The van der Waals surface area contributed by atoms with Crippen molar-refractivity contribution in [3.8, 4) is 0 Å². The van der Waals surface area contributed by atoms with Crippen LogP contribution < -0.4 is 0 Å². The molecule has 128 valence electrons. The molecule has 1 aliphatic heterocycles. The van der Waals surface area contributed by atoms with Crippen LogP contribution >= 0.6 is 0 Å². The van der Waals surface area contributed by atoms with Gasteiger partial charge in [0.25, 0.3) is 5.91 Å². The molecule has 1 aliphatic rings. The lowest BCUT2D eigenvalue weighted by Gasteiger charge is -2.37. The Bertz CT molecular complexity index is 492. The van der Waals surface area contributed by atoms with Crippen molar-refractivity contribution in [3.05, 3.63) is 35.4 Å². The Morgan fingerprint density at radius 2 is 2.04 bits per heavy atom. The quantitative estimate of drug-likeness (QED) is 0.690. The fourth-order valence-electron chi connectivity index (χ4n) is 2.89. The second-order valence-corrected chi connectivity index (χ2v) is 6.02. The Morgan fingerprint density at radius 3 is 2.70 bits per heavy atom. The molecule has 0 spiro atoms. The zero-order chi connectivity index (χ0) is 16.7. The molecule has 4 nitrogen and oxygen atoms in total. The van der Waals surface area contributed by atoms with E-state index in [1.807, 2.05) is 38.1 Å². The third kappa shape index (κ3) is 5.01. The molecule has 0 saturated carbocycles. The number of benzene rings is 1. The predicted molar refractivity (Wildman–Crippen MR) is 88.5 cm³/mol. The standard InChI is InChI=1S/C18H27FN2O2/c1-3-20(12-5-4-11-19)17-10-13-23-21(18(17)22)14-16-8-6-15(2)7-9-16/h6-9,17H,3-5,10-14H2,1-2H3. The molecule has 1 fully saturated rings. The molecule has 1 aromatic carbocycles. The monoisotopic (exact) mass is 322 g/mol. The molecule has 0 aliphatic carbocycles. The second-order valence-electron chi connectivity index (χ2n) is 6.02. The first-order valence-electron chi connectivity index (χ1n) is 8.45. The largest absolute Gasteiger partial charge is 0.292 e. The summed E-state index contributed by atoms with van der Waals surface area (Å²) >= 11 is 0. The number of unbranched alkanes of at least 4 members (excludes halogenated alkanes) is 1.